The summed E-state index contributed by atoms with van der Waals surface area (Å²) in [6, 6.07) is 19.1. The largest absolute Gasteiger partial charge is 0.384 e. The van der Waals surface area contributed by atoms with Gasteiger partial charge in [0, 0.05) is 24.1 Å². The third kappa shape index (κ3) is 5.16. The molecule has 8 nitrogen and oxygen atoms in total. The number of aromatic nitrogens is 4. The molecule has 150 valence electrons. The van der Waals surface area contributed by atoms with Crippen molar-refractivity contribution in [3.63, 3.8) is 0 Å². The Hall–Kier alpha value is -4.27. The number of rotatable bonds is 7. The molecule has 9 heteroatoms. The van der Waals surface area contributed by atoms with Crippen LogP contribution in [0.1, 0.15) is 5.56 Å². The van der Waals surface area contributed by atoms with Gasteiger partial charge in [-0.1, -0.05) is 18.2 Å². The SMILES string of the molecule is Nc1cc(CNc2nc(Nc3ccccc3)nc(Nc3ccc(F)cc3)n2)ccn1. The van der Waals surface area contributed by atoms with E-state index in [2.05, 4.69) is 35.9 Å². The lowest BCUT2D eigenvalue weighted by atomic mass is 10.2. The molecule has 4 rings (SSSR count). The summed E-state index contributed by atoms with van der Waals surface area (Å²) in [6.07, 6.45) is 1.64. The fourth-order valence-corrected chi connectivity index (χ4v) is 2.67. The minimum Gasteiger partial charge on any atom is -0.384 e. The third-order valence-corrected chi connectivity index (χ3v) is 4.06. The zero-order valence-corrected chi connectivity index (χ0v) is 15.9. The molecule has 0 aliphatic carbocycles. The van der Waals surface area contributed by atoms with Crippen LogP contribution in [0.25, 0.3) is 0 Å². The number of nitrogen functional groups attached to an aromatic ring is 1. The van der Waals surface area contributed by atoms with Crippen molar-refractivity contribution in [3.8, 4) is 0 Å². The maximum atomic E-state index is 13.2. The van der Waals surface area contributed by atoms with Crippen LogP contribution in [0.5, 0.6) is 0 Å². The standard InChI is InChI=1S/C21H19FN8/c22-15-6-8-17(9-7-15)27-21-29-19(25-13-14-10-11-24-18(23)12-14)28-20(30-21)26-16-4-2-1-3-5-16/h1-12H,13H2,(H2,23,24)(H3,25,26,27,28,29,30). The van der Waals surface area contributed by atoms with Crippen LogP contribution in [0.3, 0.4) is 0 Å². The van der Waals surface area contributed by atoms with Gasteiger partial charge in [-0.2, -0.15) is 15.0 Å². The molecular formula is C21H19FN8. The smallest absolute Gasteiger partial charge is 0.233 e. The summed E-state index contributed by atoms with van der Waals surface area (Å²) < 4.78 is 13.2. The molecule has 5 N–H and O–H groups in total. The zero-order chi connectivity index (χ0) is 20.8. The Morgan fingerprint density at radius 2 is 1.40 bits per heavy atom. The zero-order valence-electron chi connectivity index (χ0n) is 15.9. The Labute approximate surface area is 172 Å². The van der Waals surface area contributed by atoms with Crippen molar-refractivity contribution >= 4 is 35.0 Å². The Morgan fingerprint density at radius 3 is 2.07 bits per heavy atom. The Morgan fingerprint density at radius 1 is 0.767 bits per heavy atom. The minimum absolute atomic E-state index is 0.312. The van der Waals surface area contributed by atoms with Crippen LogP contribution in [0.4, 0.5) is 39.4 Å². The van der Waals surface area contributed by atoms with Gasteiger partial charge in [-0.05, 0) is 54.1 Å². The van der Waals surface area contributed by atoms with Crippen LogP contribution < -0.4 is 21.7 Å². The highest BCUT2D eigenvalue weighted by atomic mass is 19.1. The van der Waals surface area contributed by atoms with Crippen LogP contribution in [0, 0.1) is 5.82 Å². The molecule has 2 aromatic carbocycles. The summed E-state index contributed by atoms with van der Waals surface area (Å²) in [5.41, 5.74) is 8.16. The first-order valence-corrected chi connectivity index (χ1v) is 9.19. The molecule has 0 bridgehead atoms. The molecular weight excluding hydrogens is 383 g/mol. The van der Waals surface area contributed by atoms with E-state index in [1.807, 2.05) is 36.4 Å². The van der Waals surface area contributed by atoms with E-state index in [1.54, 1.807) is 24.4 Å². The molecule has 0 spiro atoms. The second kappa shape index (κ2) is 8.82. The molecule has 2 heterocycles. The number of hydrogen-bond acceptors (Lipinski definition) is 8. The van der Waals surface area contributed by atoms with Crippen molar-refractivity contribution in [2.24, 2.45) is 0 Å². The van der Waals surface area contributed by atoms with Gasteiger partial charge in [0.05, 0.1) is 0 Å². The molecule has 0 saturated heterocycles. The fourth-order valence-electron chi connectivity index (χ4n) is 2.67. The number of benzene rings is 2. The second-order valence-electron chi connectivity index (χ2n) is 6.37. The number of nitrogens with two attached hydrogens (primary N) is 1. The number of halogens is 1. The molecule has 0 atom stereocenters. The number of hydrogen-bond donors (Lipinski definition) is 4. The first kappa shape index (κ1) is 19.1. The van der Waals surface area contributed by atoms with Gasteiger partial charge in [0.2, 0.25) is 17.8 Å². The lowest BCUT2D eigenvalue weighted by Crippen LogP contribution is -2.10. The topological polar surface area (TPSA) is 114 Å². The first-order chi connectivity index (χ1) is 14.6. The predicted molar refractivity (Wildman–Crippen MR) is 115 cm³/mol. The Balaban J connectivity index is 1.58. The molecule has 0 aliphatic heterocycles. The molecule has 0 amide bonds. The van der Waals surface area contributed by atoms with E-state index in [0.717, 1.165) is 11.3 Å². The van der Waals surface area contributed by atoms with Crippen molar-refractivity contribution in [1.29, 1.82) is 0 Å². The summed E-state index contributed by atoms with van der Waals surface area (Å²) >= 11 is 0. The number of nitrogens with one attached hydrogen (secondary N) is 3. The van der Waals surface area contributed by atoms with E-state index in [0.29, 0.717) is 35.9 Å². The molecule has 0 saturated carbocycles. The quantitative estimate of drug-likeness (QED) is 0.366. The highest BCUT2D eigenvalue weighted by molar-refractivity contribution is 5.59. The van der Waals surface area contributed by atoms with Gasteiger partial charge in [0.1, 0.15) is 11.6 Å². The second-order valence-corrected chi connectivity index (χ2v) is 6.37. The predicted octanol–water partition coefficient (Wildman–Crippen LogP) is 4.09. The lowest BCUT2D eigenvalue weighted by molar-refractivity contribution is 0.628. The highest BCUT2D eigenvalue weighted by Gasteiger charge is 2.08. The van der Waals surface area contributed by atoms with Crippen LogP contribution >= 0.6 is 0 Å². The van der Waals surface area contributed by atoms with Crippen LogP contribution in [0.15, 0.2) is 72.9 Å². The molecule has 0 fully saturated rings. The van der Waals surface area contributed by atoms with Crippen molar-refractivity contribution in [2.75, 3.05) is 21.7 Å². The number of para-hydroxylation sites is 1. The van der Waals surface area contributed by atoms with Gasteiger partial charge in [-0.3, -0.25) is 0 Å². The normalized spacial score (nSPS) is 10.4. The van der Waals surface area contributed by atoms with Gasteiger partial charge in [-0.15, -0.1) is 0 Å². The van der Waals surface area contributed by atoms with Gasteiger partial charge in [0.25, 0.3) is 0 Å². The van der Waals surface area contributed by atoms with Crippen molar-refractivity contribution in [2.45, 2.75) is 6.54 Å². The van der Waals surface area contributed by atoms with Gasteiger partial charge >= 0.3 is 0 Å². The van der Waals surface area contributed by atoms with Gasteiger partial charge in [-0.25, -0.2) is 9.37 Å². The number of nitrogens with zero attached hydrogens (tertiary/aromatic N) is 4. The average Bonchev–Trinajstić information content (AvgIpc) is 2.75. The third-order valence-electron chi connectivity index (χ3n) is 4.06. The molecule has 30 heavy (non-hydrogen) atoms. The summed E-state index contributed by atoms with van der Waals surface area (Å²) in [5, 5.41) is 9.38. The molecule has 0 aliphatic rings. The van der Waals surface area contributed by atoms with E-state index < -0.39 is 0 Å². The summed E-state index contributed by atoms with van der Waals surface area (Å²) in [4.78, 5) is 17.2. The van der Waals surface area contributed by atoms with Gasteiger partial charge in [0.15, 0.2) is 0 Å². The van der Waals surface area contributed by atoms with Crippen LogP contribution in [-0.2, 0) is 6.54 Å². The molecule has 0 unspecified atom stereocenters. The summed E-state index contributed by atoms with van der Waals surface area (Å²) in [7, 11) is 0. The minimum atomic E-state index is -0.318. The maximum absolute atomic E-state index is 13.2. The molecule has 2 aromatic heterocycles. The van der Waals surface area contributed by atoms with E-state index >= 15 is 0 Å². The highest BCUT2D eigenvalue weighted by Crippen LogP contribution is 2.19. The fraction of sp³-hybridized carbons (Fsp3) is 0.0476. The summed E-state index contributed by atoms with van der Waals surface area (Å²) in [5.74, 6) is 1.16. The van der Waals surface area contributed by atoms with E-state index in [-0.39, 0.29) is 5.82 Å². The first-order valence-electron chi connectivity index (χ1n) is 9.19. The monoisotopic (exact) mass is 402 g/mol. The number of anilines is 6. The van der Waals surface area contributed by atoms with Crippen molar-refractivity contribution in [3.05, 3.63) is 84.3 Å². The van der Waals surface area contributed by atoms with Crippen LogP contribution in [0.2, 0.25) is 0 Å². The maximum Gasteiger partial charge on any atom is 0.233 e. The van der Waals surface area contributed by atoms with Gasteiger partial charge < -0.3 is 21.7 Å². The van der Waals surface area contributed by atoms with Crippen molar-refractivity contribution in [1.82, 2.24) is 19.9 Å². The van der Waals surface area contributed by atoms with Crippen molar-refractivity contribution < 1.29 is 4.39 Å². The van der Waals surface area contributed by atoms with E-state index in [9.17, 15) is 4.39 Å². The van der Waals surface area contributed by atoms with E-state index in [1.165, 1.54) is 12.1 Å². The number of pyridine rings is 1. The Bertz CT molecular complexity index is 1120. The molecule has 0 radical (unpaired) electrons. The Kier molecular flexibility index (Phi) is 5.61. The lowest BCUT2D eigenvalue weighted by Gasteiger charge is -2.11. The van der Waals surface area contributed by atoms with E-state index in [4.69, 9.17) is 5.73 Å². The average molecular weight is 402 g/mol. The molecule has 4 aromatic rings. The van der Waals surface area contributed by atoms with Crippen LogP contribution in [-0.4, -0.2) is 19.9 Å². The summed E-state index contributed by atoms with van der Waals surface area (Å²) in [6.45, 7) is 0.456.